The number of ether oxygens (including phenoxy) is 1. The average molecular weight is 205 g/mol. The Balaban J connectivity index is 2.73. The maximum Gasteiger partial charge on any atom is 0.110 e. The summed E-state index contributed by atoms with van der Waals surface area (Å²) in [5.41, 5.74) is 5.71. The van der Waals surface area contributed by atoms with E-state index in [1.54, 1.807) is 0 Å². The van der Waals surface area contributed by atoms with Gasteiger partial charge in [0.05, 0.1) is 18.8 Å². The van der Waals surface area contributed by atoms with E-state index in [4.69, 9.17) is 15.6 Å². The molecule has 0 aromatic rings. The Morgan fingerprint density at radius 3 is 2.29 bits per heavy atom. The minimum Gasteiger partial charge on any atom is -0.394 e. The van der Waals surface area contributed by atoms with Gasteiger partial charge in [-0.25, -0.2) is 0 Å². The van der Waals surface area contributed by atoms with Crippen molar-refractivity contribution in [2.75, 3.05) is 6.61 Å². The molecule has 5 heteroatoms. The van der Waals surface area contributed by atoms with Gasteiger partial charge in [-0.15, -0.1) is 0 Å². The van der Waals surface area contributed by atoms with E-state index in [1.807, 2.05) is 13.8 Å². The summed E-state index contributed by atoms with van der Waals surface area (Å²) in [5.74, 6) is 0.140. The summed E-state index contributed by atoms with van der Waals surface area (Å²) in [7, 11) is 0. The van der Waals surface area contributed by atoms with Crippen LogP contribution in [0.5, 0.6) is 0 Å². The highest BCUT2D eigenvalue weighted by atomic mass is 16.5. The van der Waals surface area contributed by atoms with E-state index in [0.29, 0.717) is 0 Å². The third-order valence-electron chi connectivity index (χ3n) is 2.67. The Hall–Kier alpha value is -0.200. The van der Waals surface area contributed by atoms with Crippen LogP contribution < -0.4 is 5.73 Å². The SMILES string of the molecule is CC(C)[C@@H]1OC(CO)[C@H](O)[C@H](O)C1N. The Morgan fingerprint density at radius 2 is 1.86 bits per heavy atom. The van der Waals surface area contributed by atoms with Crippen LogP contribution in [0.4, 0.5) is 0 Å². The molecule has 0 spiro atoms. The lowest BCUT2D eigenvalue weighted by atomic mass is 9.88. The fourth-order valence-electron chi connectivity index (χ4n) is 1.77. The molecule has 0 bridgehead atoms. The lowest BCUT2D eigenvalue weighted by Crippen LogP contribution is -2.63. The van der Waals surface area contributed by atoms with Crippen molar-refractivity contribution in [1.82, 2.24) is 0 Å². The number of hydrogen-bond donors (Lipinski definition) is 4. The normalized spacial score (nSPS) is 44.4. The lowest BCUT2D eigenvalue weighted by Gasteiger charge is -2.42. The van der Waals surface area contributed by atoms with Crippen molar-refractivity contribution in [2.24, 2.45) is 11.7 Å². The van der Waals surface area contributed by atoms with Crippen LogP contribution >= 0.6 is 0 Å². The Bertz CT molecular complexity index is 186. The summed E-state index contributed by atoms with van der Waals surface area (Å²) in [5, 5.41) is 28.0. The van der Waals surface area contributed by atoms with Crippen LogP contribution in [0.3, 0.4) is 0 Å². The van der Waals surface area contributed by atoms with E-state index < -0.39 is 24.4 Å². The van der Waals surface area contributed by atoms with Crippen LogP contribution in [0, 0.1) is 5.92 Å². The highest BCUT2D eigenvalue weighted by molar-refractivity contribution is 4.95. The largest absolute Gasteiger partial charge is 0.394 e. The summed E-state index contributed by atoms with van der Waals surface area (Å²) >= 11 is 0. The summed E-state index contributed by atoms with van der Waals surface area (Å²) < 4.78 is 5.41. The molecule has 5 nitrogen and oxygen atoms in total. The summed E-state index contributed by atoms with van der Waals surface area (Å²) in [6.45, 7) is 3.53. The first kappa shape index (κ1) is 11.9. The van der Waals surface area contributed by atoms with Gasteiger partial charge >= 0.3 is 0 Å². The standard InChI is InChI=1S/C9H19NO4/c1-4(2)9-6(10)8(13)7(12)5(3-11)14-9/h4-9,11-13H,3,10H2,1-2H3/t5?,6?,7-,8+,9-/m0/s1. The Morgan fingerprint density at radius 1 is 1.29 bits per heavy atom. The van der Waals surface area contributed by atoms with Crippen molar-refractivity contribution < 1.29 is 20.1 Å². The van der Waals surface area contributed by atoms with Crippen molar-refractivity contribution in [1.29, 1.82) is 0 Å². The van der Waals surface area contributed by atoms with Crippen LogP contribution in [0.25, 0.3) is 0 Å². The molecule has 0 amide bonds. The van der Waals surface area contributed by atoms with Gasteiger partial charge in [-0.1, -0.05) is 13.8 Å². The van der Waals surface area contributed by atoms with Crippen LogP contribution in [-0.4, -0.2) is 52.4 Å². The first-order valence-corrected chi connectivity index (χ1v) is 4.87. The predicted molar refractivity (Wildman–Crippen MR) is 50.6 cm³/mol. The maximum atomic E-state index is 9.60. The smallest absolute Gasteiger partial charge is 0.110 e. The molecule has 5 atom stereocenters. The van der Waals surface area contributed by atoms with E-state index in [9.17, 15) is 10.2 Å². The van der Waals surface area contributed by atoms with Crippen LogP contribution in [-0.2, 0) is 4.74 Å². The molecule has 14 heavy (non-hydrogen) atoms. The van der Waals surface area contributed by atoms with Gasteiger partial charge in [0.1, 0.15) is 18.3 Å². The molecule has 1 rings (SSSR count). The van der Waals surface area contributed by atoms with Crippen LogP contribution in [0.2, 0.25) is 0 Å². The third kappa shape index (κ3) is 2.07. The van der Waals surface area contributed by atoms with E-state index in [-0.39, 0.29) is 18.6 Å². The first-order chi connectivity index (χ1) is 6.49. The molecule has 84 valence electrons. The molecule has 1 heterocycles. The molecular weight excluding hydrogens is 186 g/mol. The van der Waals surface area contributed by atoms with Gasteiger partial charge in [-0.2, -0.15) is 0 Å². The molecule has 1 aliphatic heterocycles. The van der Waals surface area contributed by atoms with E-state index >= 15 is 0 Å². The molecule has 1 fully saturated rings. The second kappa shape index (κ2) is 4.55. The number of hydrogen-bond acceptors (Lipinski definition) is 5. The molecule has 1 aliphatic rings. The third-order valence-corrected chi connectivity index (χ3v) is 2.67. The number of nitrogens with two attached hydrogens (primary N) is 1. The first-order valence-electron chi connectivity index (χ1n) is 4.87. The second-order valence-corrected chi connectivity index (χ2v) is 4.12. The van der Waals surface area contributed by atoms with Crippen LogP contribution in [0.1, 0.15) is 13.8 Å². The highest BCUT2D eigenvalue weighted by Crippen LogP contribution is 2.24. The molecular formula is C9H19NO4. The van der Waals surface area contributed by atoms with Gasteiger partial charge < -0.3 is 25.8 Å². The molecule has 0 aromatic heterocycles. The van der Waals surface area contributed by atoms with Gasteiger partial charge in [-0.3, -0.25) is 0 Å². The Labute approximate surface area is 83.5 Å². The molecule has 1 saturated heterocycles. The van der Waals surface area contributed by atoms with Gasteiger partial charge in [0.15, 0.2) is 0 Å². The van der Waals surface area contributed by atoms with Gasteiger partial charge in [-0.05, 0) is 5.92 Å². The number of rotatable bonds is 2. The topological polar surface area (TPSA) is 95.9 Å². The quantitative estimate of drug-likeness (QED) is 0.438. The molecule has 0 aliphatic carbocycles. The van der Waals surface area contributed by atoms with Gasteiger partial charge in [0.2, 0.25) is 0 Å². The maximum absolute atomic E-state index is 9.60. The van der Waals surface area contributed by atoms with Crippen molar-refractivity contribution in [3.63, 3.8) is 0 Å². The average Bonchev–Trinajstić information content (AvgIpc) is 2.14. The van der Waals surface area contributed by atoms with Crippen molar-refractivity contribution >= 4 is 0 Å². The molecule has 5 N–H and O–H groups in total. The number of aliphatic hydroxyl groups is 3. The minimum atomic E-state index is -1.11. The fourth-order valence-corrected chi connectivity index (χ4v) is 1.77. The van der Waals surface area contributed by atoms with Gasteiger partial charge in [0, 0.05) is 0 Å². The minimum absolute atomic E-state index is 0.140. The molecule has 2 unspecified atom stereocenters. The summed E-state index contributed by atoms with van der Waals surface area (Å²) in [6, 6.07) is -0.604. The van der Waals surface area contributed by atoms with Crippen molar-refractivity contribution in [3.8, 4) is 0 Å². The fraction of sp³-hybridized carbons (Fsp3) is 1.00. The molecule has 0 aromatic carbocycles. The zero-order valence-corrected chi connectivity index (χ0v) is 8.50. The second-order valence-electron chi connectivity index (χ2n) is 4.12. The molecule has 0 radical (unpaired) electrons. The van der Waals surface area contributed by atoms with Crippen molar-refractivity contribution in [3.05, 3.63) is 0 Å². The van der Waals surface area contributed by atoms with E-state index in [2.05, 4.69) is 0 Å². The van der Waals surface area contributed by atoms with Gasteiger partial charge in [0.25, 0.3) is 0 Å². The Kier molecular flexibility index (Phi) is 3.86. The van der Waals surface area contributed by atoms with E-state index in [1.165, 1.54) is 0 Å². The number of aliphatic hydroxyl groups excluding tert-OH is 3. The predicted octanol–water partition coefficient (Wildman–Crippen LogP) is -1.55. The van der Waals surface area contributed by atoms with Crippen molar-refractivity contribution in [2.45, 2.75) is 44.3 Å². The lowest BCUT2D eigenvalue weighted by molar-refractivity contribution is -0.198. The zero-order chi connectivity index (χ0) is 10.9. The highest BCUT2D eigenvalue weighted by Gasteiger charge is 2.43. The summed E-state index contributed by atoms with van der Waals surface area (Å²) in [6.07, 6.45) is -3.21. The monoisotopic (exact) mass is 205 g/mol. The van der Waals surface area contributed by atoms with E-state index in [0.717, 1.165) is 0 Å². The molecule has 0 saturated carbocycles. The summed E-state index contributed by atoms with van der Waals surface area (Å²) in [4.78, 5) is 0. The van der Waals surface area contributed by atoms with Crippen LogP contribution in [0.15, 0.2) is 0 Å². The zero-order valence-electron chi connectivity index (χ0n) is 8.50.